The Balaban J connectivity index is 1.92. The third-order valence-electron chi connectivity index (χ3n) is 4.05. The van der Waals surface area contributed by atoms with Gasteiger partial charge in [0.2, 0.25) is 0 Å². The monoisotopic (exact) mass is 271 g/mol. The summed E-state index contributed by atoms with van der Waals surface area (Å²) >= 11 is 0. The lowest BCUT2D eigenvalue weighted by Gasteiger charge is -2.32. The highest BCUT2D eigenvalue weighted by Gasteiger charge is 2.24. The van der Waals surface area contributed by atoms with Crippen LogP contribution in [0.15, 0.2) is 0 Å². The third kappa shape index (κ3) is 6.92. The fourth-order valence-corrected chi connectivity index (χ4v) is 2.71. The SMILES string of the molecule is COC(=O)CCCCCCC[C@@H]1CC[C@H](O)[C@H](C)N1. The van der Waals surface area contributed by atoms with Crippen LogP contribution in [0.4, 0.5) is 0 Å². The molecular formula is C15H29NO3. The van der Waals surface area contributed by atoms with Gasteiger partial charge in [0.25, 0.3) is 0 Å². The minimum absolute atomic E-state index is 0.0982. The van der Waals surface area contributed by atoms with Gasteiger partial charge in [-0.05, 0) is 32.6 Å². The molecule has 2 N–H and O–H groups in total. The van der Waals surface area contributed by atoms with Crippen molar-refractivity contribution in [1.29, 1.82) is 0 Å². The maximum absolute atomic E-state index is 10.9. The standard InChI is InChI=1S/C15H29NO3/c1-12-14(17)11-10-13(16-12)8-6-4-3-5-7-9-15(18)19-2/h12-14,16-17H,3-11H2,1-2H3/t12-,13+,14-/m0/s1. The van der Waals surface area contributed by atoms with Crippen LogP contribution >= 0.6 is 0 Å². The predicted molar refractivity (Wildman–Crippen MR) is 76.0 cm³/mol. The molecule has 0 unspecified atom stereocenters. The van der Waals surface area contributed by atoms with Crippen LogP contribution in [0.5, 0.6) is 0 Å². The molecule has 0 aliphatic carbocycles. The van der Waals surface area contributed by atoms with Gasteiger partial charge in [-0.2, -0.15) is 0 Å². The zero-order valence-electron chi connectivity index (χ0n) is 12.4. The Kier molecular flexibility index (Phi) is 8.07. The lowest BCUT2D eigenvalue weighted by molar-refractivity contribution is -0.140. The number of esters is 1. The normalized spacial score (nSPS) is 27.2. The van der Waals surface area contributed by atoms with Gasteiger partial charge >= 0.3 is 5.97 Å². The smallest absolute Gasteiger partial charge is 0.305 e. The van der Waals surface area contributed by atoms with Crippen molar-refractivity contribution in [2.45, 2.75) is 82.9 Å². The van der Waals surface area contributed by atoms with Crippen molar-refractivity contribution in [3.05, 3.63) is 0 Å². The molecule has 0 saturated carbocycles. The van der Waals surface area contributed by atoms with E-state index in [1.165, 1.54) is 32.8 Å². The largest absolute Gasteiger partial charge is 0.469 e. The molecule has 0 aromatic heterocycles. The minimum atomic E-state index is -0.172. The van der Waals surface area contributed by atoms with Crippen molar-refractivity contribution < 1.29 is 14.6 Å². The number of ether oxygens (including phenoxy) is 1. The molecular weight excluding hydrogens is 242 g/mol. The van der Waals surface area contributed by atoms with E-state index >= 15 is 0 Å². The van der Waals surface area contributed by atoms with Crippen LogP contribution in [-0.2, 0) is 9.53 Å². The second kappa shape index (κ2) is 9.32. The molecule has 1 aliphatic rings. The van der Waals surface area contributed by atoms with Crippen LogP contribution in [0.1, 0.15) is 64.7 Å². The van der Waals surface area contributed by atoms with Crippen LogP contribution in [0.3, 0.4) is 0 Å². The number of hydrogen-bond acceptors (Lipinski definition) is 4. The highest BCUT2D eigenvalue weighted by molar-refractivity contribution is 5.68. The second-order valence-electron chi connectivity index (χ2n) is 5.68. The third-order valence-corrected chi connectivity index (χ3v) is 4.05. The average molecular weight is 271 g/mol. The molecule has 112 valence electrons. The summed E-state index contributed by atoms with van der Waals surface area (Å²) in [5.74, 6) is -0.0982. The first-order valence-electron chi connectivity index (χ1n) is 7.64. The summed E-state index contributed by atoms with van der Waals surface area (Å²) in [4.78, 5) is 10.9. The van der Waals surface area contributed by atoms with Crippen molar-refractivity contribution in [1.82, 2.24) is 5.32 Å². The Morgan fingerprint density at radius 3 is 2.58 bits per heavy atom. The summed E-state index contributed by atoms with van der Waals surface area (Å²) in [5, 5.41) is 13.1. The molecule has 1 heterocycles. The topological polar surface area (TPSA) is 58.6 Å². The molecule has 1 fully saturated rings. The number of aliphatic hydroxyl groups excluding tert-OH is 1. The first-order chi connectivity index (χ1) is 9.13. The van der Waals surface area contributed by atoms with E-state index in [-0.39, 0.29) is 18.1 Å². The Bertz CT molecular complexity index is 258. The number of carbonyl (C=O) groups excluding carboxylic acids is 1. The van der Waals surface area contributed by atoms with Gasteiger partial charge in [0.1, 0.15) is 0 Å². The van der Waals surface area contributed by atoms with Crippen molar-refractivity contribution in [2.75, 3.05) is 7.11 Å². The number of nitrogens with one attached hydrogen (secondary N) is 1. The van der Waals surface area contributed by atoms with Gasteiger partial charge < -0.3 is 15.2 Å². The lowest BCUT2D eigenvalue weighted by atomic mass is 9.93. The second-order valence-corrected chi connectivity index (χ2v) is 5.68. The van der Waals surface area contributed by atoms with Crippen LogP contribution < -0.4 is 5.32 Å². The number of aliphatic hydroxyl groups is 1. The first-order valence-corrected chi connectivity index (χ1v) is 7.64. The van der Waals surface area contributed by atoms with Gasteiger partial charge in [0.15, 0.2) is 0 Å². The molecule has 0 aromatic carbocycles. The summed E-state index contributed by atoms with van der Waals surface area (Å²) in [7, 11) is 1.44. The van der Waals surface area contributed by atoms with Crippen LogP contribution in [0.2, 0.25) is 0 Å². The molecule has 19 heavy (non-hydrogen) atoms. The predicted octanol–water partition coefficient (Wildman–Crippen LogP) is 2.39. The van der Waals surface area contributed by atoms with Crippen LogP contribution in [0.25, 0.3) is 0 Å². The summed E-state index contributed by atoms with van der Waals surface area (Å²) in [6, 6.07) is 0.812. The summed E-state index contributed by atoms with van der Waals surface area (Å²) < 4.78 is 4.61. The number of unbranched alkanes of at least 4 members (excludes halogenated alkanes) is 4. The molecule has 0 radical (unpaired) electrons. The van der Waals surface area contributed by atoms with E-state index in [9.17, 15) is 9.90 Å². The Labute approximate surface area is 116 Å². The quantitative estimate of drug-likeness (QED) is 0.526. The van der Waals surface area contributed by atoms with E-state index in [4.69, 9.17) is 0 Å². The molecule has 1 saturated heterocycles. The molecule has 1 aliphatic heterocycles. The number of piperidine rings is 1. The number of hydrogen-bond donors (Lipinski definition) is 2. The van der Waals surface area contributed by atoms with Gasteiger partial charge in [0, 0.05) is 18.5 Å². The van der Waals surface area contributed by atoms with Gasteiger partial charge in [-0.3, -0.25) is 4.79 Å². The molecule has 0 aromatic rings. The van der Waals surface area contributed by atoms with E-state index in [1.807, 2.05) is 0 Å². The number of rotatable bonds is 8. The zero-order chi connectivity index (χ0) is 14.1. The van der Waals surface area contributed by atoms with Crippen molar-refractivity contribution >= 4 is 5.97 Å². The van der Waals surface area contributed by atoms with E-state index in [0.29, 0.717) is 12.5 Å². The highest BCUT2D eigenvalue weighted by atomic mass is 16.5. The fraction of sp³-hybridized carbons (Fsp3) is 0.933. The first kappa shape index (κ1) is 16.4. The van der Waals surface area contributed by atoms with E-state index < -0.39 is 0 Å². The number of carbonyl (C=O) groups is 1. The van der Waals surface area contributed by atoms with E-state index in [2.05, 4.69) is 17.0 Å². The van der Waals surface area contributed by atoms with Gasteiger partial charge in [-0.25, -0.2) is 0 Å². The van der Waals surface area contributed by atoms with Crippen molar-refractivity contribution in [3.63, 3.8) is 0 Å². The van der Waals surface area contributed by atoms with Crippen LogP contribution in [0, 0.1) is 0 Å². The summed E-state index contributed by atoms with van der Waals surface area (Å²) in [6.45, 7) is 2.06. The van der Waals surface area contributed by atoms with Crippen LogP contribution in [-0.4, -0.2) is 36.4 Å². The summed E-state index contributed by atoms with van der Waals surface area (Å²) in [5.41, 5.74) is 0. The molecule has 1 rings (SSSR count). The molecule has 4 nitrogen and oxygen atoms in total. The molecule has 4 heteroatoms. The summed E-state index contributed by atoms with van der Waals surface area (Å²) in [6.07, 6.45) is 9.32. The molecule has 3 atom stereocenters. The highest BCUT2D eigenvalue weighted by Crippen LogP contribution is 2.18. The Morgan fingerprint density at radius 2 is 1.89 bits per heavy atom. The number of methoxy groups -OCH3 is 1. The Hall–Kier alpha value is -0.610. The lowest BCUT2D eigenvalue weighted by Crippen LogP contribution is -2.48. The molecule has 0 bridgehead atoms. The average Bonchev–Trinajstić information content (AvgIpc) is 2.41. The molecule has 0 amide bonds. The van der Waals surface area contributed by atoms with E-state index in [0.717, 1.165) is 25.7 Å². The maximum atomic E-state index is 10.9. The fourth-order valence-electron chi connectivity index (χ4n) is 2.71. The minimum Gasteiger partial charge on any atom is -0.469 e. The van der Waals surface area contributed by atoms with Crippen molar-refractivity contribution in [2.24, 2.45) is 0 Å². The van der Waals surface area contributed by atoms with E-state index in [1.54, 1.807) is 0 Å². The van der Waals surface area contributed by atoms with Crippen molar-refractivity contribution in [3.8, 4) is 0 Å². The van der Waals surface area contributed by atoms with Gasteiger partial charge in [0.05, 0.1) is 13.2 Å². The Morgan fingerprint density at radius 1 is 1.21 bits per heavy atom. The van der Waals surface area contributed by atoms with Gasteiger partial charge in [-0.1, -0.05) is 25.7 Å². The van der Waals surface area contributed by atoms with Gasteiger partial charge in [-0.15, -0.1) is 0 Å². The maximum Gasteiger partial charge on any atom is 0.305 e. The zero-order valence-corrected chi connectivity index (χ0v) is 12.4. The molecule has 0 spiro atoms.